The minimum absolute atomic E-state index is 0.170. The van der Waals surface area contributed by atoms with Crippen molar-refractivity contribution in [3.05, 3.63) is 84.9 Å². The molecule has 2 fully saturated rings. The van der Waals surface area contributed by atoms with Crippen LogP contribution in [0.5, 0.6) is 0 Å². The number of piperazine rings is 1. The van der Waals surface area contributed by atoms with Gasteiger partial charge in [-0.25, -0.2) is 13.2 Å². The number of anilines is 1. The smallest absolute Gasteiger partial charge is 0.415 e. The van der Waals surface area contributed by atoms with E-state index in [1.807, 2.05) is 72.8 Å². The molecule has 1 unspecified atom stereocenters. The zero-order valence-corrected chi connectivity index (χ0v) is 25.7. The summed E-state index contributed by atoms with van der Waals surface area (Å²) in [6.45, 7) is 4.60. The second-order valence-electron chi connectivity index (χ2n) is 11.6. The van der Waals surface area contributed by atoms with Gasteiger partial charge in [-0.3, -0.25) is 9.69 Å². The molecule has 9 nitrogen and oxygen atoms in total. The number of nitrogens with zero attached hydrogens (tertiary/aromatic N) is 3. The van der Waals surface area contributed by atoms with Crippen molar-refractivity contribution in [1.82, 2.24) is 14.5 Å². The zero-order valence-electron chi connectivity index (χ0n) is 24.9. The molecular formula is C34H38N4O5S. The van der Waals surface area contributed by atoms with Crippen LogP contribution in [0.4, 0.5) is 10.5 Å². The van der Waals surface area contributed by atoms with E-state index < -0.39 is 22.2 Å². The molecule has 1 N–H and O–H groups in total. The average Bonchev–Trinajstić information content (AvgIpc) is 3.07. The lowest BCUT2D eigenvalue weighted by molar-refractivity contribution is -0.133. The number of benzene rings is 4. The first kappa shape index (κ1) is 30.1. The molecule has 6 rings (SSSR count). The van der Waals surface area contributed by atoms with Crippen LogP contribution in [0, 0.1) is 5.92 Å². The summed E-state index contributed by atoms with van der Waals surface area (Å²) in [6.07, 6.45) is 1.31. The van der Waals surface area contributed by atoms with Gasteiger partial charge in [-0.05, 0) is 84.6 Å². The molecule has 2 heterocycles. The lowest BCUT2D eigenvalue weighted by Gasteiger charge is -2.37. The lowest BCUT2D eigenvalue weighted by Crippen LogP contribution is -2.56. The van der Waals surface area contributed by atoms with Gasteiger partial charge in [0.25, 0.3) is 0 Å². The Morgan fingerprint density at radius 3 is 2.09 bits per heavy atom. The van der Waals surface area contributed by atoms with Gasteiger partial charge in [-0.2, -0.15) is 4.31 Å². The average molecular weight is 615 g/mol. The third kappa shape index (κ3) is 6.29. The van der Waals surface area contributed by atoms with E-state index in [0.717, 1.165) is 47.5 Å². The van der Waals surface area contributed by atoms with Crippen molar-refractivity contribution in [3.8, 4) is 0 Å². The number of fused-ring (bicyclic) bond motifs is 2. The van der Waals surface area contributed by atoms with Crippen molar-refractivity contribution >= 4 is 49.3 Å². The van der Waals surface area contributed by atoms with Gasteiger partial charge in [-0.15, -0.1) is 0 Å². The molecule has 44 heavy (non-hydrogen) atoms. The second kappa shape index (κ2) is 12.9. The van der Waals surface area contributed by atoms with Crippen LogP contribution in [0.15, 0.2) is 89.8 Å². The SMILES string of the molecule is CC(C(=O)N1CCN(S(=O)(=O)c2ccc3ccccc3c2)CC1)N(C(=O)OCC1CCNCC1)c1ccc2ccccc2c1. The maximum absolute atomic E-state index is 13.9. The molecule has 0 saturated carbocycles. The van der Waals surface area contributed by atoms with Crippen LogP contribution in [0.25, 0.3) is 21.5 Å². The van der Waals surface area contributed by atoms with Crippen LogP contribution in [0.1, 0.15) is 19.8 Å². The first-order chi connectivity index (χ1) is 21.3. The topological polar surface area (TPSA) is 99.3 Å². The number of rotatable bonds is 7. The molecular weight excluding hydrogens is 576 g/mol. The van der Waals surface area contributed by atoms with Crippen molar-refractivity contribution in [2.75, 3.05) is 50.8 Å². The van der Waals surface area contributed by atoms with Crippen LogP contribution in [0.2, 0.25) is 0 Å². The van der Waals surface area contributed by atoms with E-state index in [2.05, 4.69) is 5.32 Å². The first-order valence-electron chi connectivity index (χ1n) is 15.2. The minimum atomic E-state index is -3.73. The van der Waals surface area contributed by atoms with E-state index in [4.69, 9.17) is 4.74 Å². The predicted molar refractivity (Wildman–Crippen MR) is 172 cm³/mol. The number of hydrogen-bond acceptors (Lipinski definition) is 6. The molecule has 1 atom stereocenters. The highest BCUT2D eigenvalue weighted by Gasteiger charge is 2.36. The van der Waals surface area contributed by atoms with Crippen molar-refractivity contribution in [1.29, 1.82) is 0 Å². The molecule has 10 heteroatoms. The maximum atomic E-state index is 13.9. The number of ether oxygens (including phenoxy) is 1. The summed E-state index contributed by atoms with van der Waals surface area (Å²) in [6, 6.07) is 25.5. The standard InChI is InChI=1S/C34H38N4O5S/c1-25(33(39)36-18-20-37(21-19-36)44(41,42)32-13-11-28-7-3-5-9-30(28)23-32)38(34(40)43-24-26-14-16-35-17-15-26)31-12-10-27-6-2-4-8-29(27)22-31/h2-13,22-23,25-26,35H,14-21,24H2,1H3. The van der Waals surface area contributed by atoms with Gasteiger partial charge in [0, 0.05) is 31.9 Å². The van der Waals surface area contributed by atoms with Gasteiger partial charge >= 0.3 is 6.09 Å². The summed E-state index contributed by atoms with van der Waals surface area (Å²) in [5, 5.41) is 7.14. The molecule has 0 bridgehead atoms. The van der Waals surface area contributed by atoms with Crippen LogP contribution in [0.3, 0.4) is 0 Å². The van der Waals surface area contributed by atoms with E-state index in [9.17, 15) is 18.0 Å². The lowest BCUT2D eigenvalue weighted by atomic mass is 9.99. The molecule has 2 aliphatic heterocycles. The number of carbonyl (C=O) groups is 2. The van der Waals surface area contributed by atoms with Gasteiger partial charge in [0.1, 0.15) is 6.04 Å². The third-order valence-corrected chi connectivity index (χ3v) is 10.7. The molecule has 2 amide bonds. The van der Waals surface area contributed by atoms with E-state index in [-0.39, 0.29) is 42.9 Å². The van der Waals surface area contributed by atoms with E-state index in [1.54, 1.807) is 24.0 Å². The number of amides is 2. The number of nitrogens with one attached hydrogen (secondary N) is 1. The van der Waals surface area contributed by atoms with Crippen LogP contribution in [-0.2, 0) is 19.6 Å². The van der Waals surface area contributed by atoms with Crippen LogP contribution < -0.4 is 10.2 Å². The molecule has 0 radical (unpaired) electrons. The summed E-state index contributed by atoms with van der Waals surface area (Å²) in [5.74, 6) is 0.0296. The molecule has 0 aromatic heterocycles. The Balaban J connectivity index is 1.17. The van der Waals surface area contributed by atoms with Crippen molar-refractivity contribution in [3.63, 3.8) is 0 Å². The molecule has 230 valence electrons. The number of sulfonamides is 1. The number of hydrogen-bond donors (Lipinski definition) is 1. The molecule has 0 aliphatic carbocycles. The van der Waals surface area contributed by atoms with E-state index in [1.165, 1.54) is 9.21 Å². The van der Waals surface area contributed by atoms with E-state index in [0.29, 0.717) is 12.3 Å². The Bertz CT molecular complexity index is 1760. The van der Waals surface area contributed by atoms with Gasteiger partial charge in [-0.1, -0.05) is 60.7 Å². The van der Waals surface area contributed by atoms with Crippen LogP contribution in [-0.4, -0.2) is 81.5 Å². The van der Waals surface area contributed by atoms with Crippen LogP contribution >= 0.6 is 0 Å². The molecule has 4 aromatic rings. The predicted octanol–water partition coefficient (Wildman–Crippen LogP) is 4.86. The first-order valence-corrected chi connectivity index (χ1v) is 16.7. The van der Waals surface area contributed by atoms with Crippen molar-refractivity contribution in [2.45, 2.75) is 30.7 Å². The summed E-state index contributed by atoms with van der Waals surface area (Å²) >= 11 is 0. The largest absolute Gasteiger partial charge is 0.449 e. The zero-order chi connectivity index (χ0) is 30.7. The second-order valence-corrected chi connectivity index (χ2v) is 13.5. The Labute approximate surface area is 258 Å². The number of carbonyl (C=O) groups excluding carboxylic acids is 2. The van der Waals surface area contributed by atoms with Gasteiger partial charge in [0.15, 0.2) is 0 Å². The van der Waals surface area contributed by atoms with Crippen molar-refractivity contribution in [2.24, 2.45) is 5.92 Å². The Morgan fingerprint density at radius 2 is 1.43 bits per heavy atom. The highest BCUT2D eigenvalue weighted by Crippen LogP contribution is 2.27. The van der Waals surface area contributed by atoms with Gasteiger partial charge in [0.2, 0.25) is 15.9 Å². The normalized spacial score (nSPS) is 17.4. The fraction of sp³-hybridized carbons (Fsp3) is 0.353. The fourth-order valence-corrected chi connectivity index (χ4v) is 7.58. The van der Waals surface area contributed by atoms with Crippen molar-refractivity contribution < 1.29 is 22.7 Å². The Morgan fingerprint density at radius 1 is 0.841 bits per heavy atom. The third-order valence-electron chi connectivity index (χ3n) is 8.76. The molecule has 4 aromatic carbocycles. The fourth-order valence-electron chi connectivity index (χ4n) is 6.12. The van der Waals surface area contributed by atoms with Gasteiger partial charge in [0.05, 0.1) is 11.5 Å². The minimum Gasteiger partial charge on any atom is -0.449 e. The summed E-state index contributed by atoms with van der Waals surface area (Å²) in [4.78, 5) is 30.8. The molecule has 2 aliphatic rings. The maximum Gasteiger partial charge on any atom is 0.415 e. The summed E-state index contributed by atoms with van der Waals surface area (Å²) in [7, 11) is -3.73. The number of piperidine rings is 1. The highest BCUT2D eigenvalue weighted by molar-refractivity contribution is 7.89. The Kier molecular flexibility index (Phi) is 8.83. The highest BCUT2D eigenvalue weighted by atomic mass is 32.2. The summed E-state index contributed by atoms with van der Waals surface area (Å²) in [5.41, 5.74) is 0.581. The summed E-state index contributed by atoms with van der Waals surface area (Å²) < 4.78 is 34.2. The van der Waals surface area contributed by atoms with Gasteiger partial charge < -0.3 is 15.0 Å². The molecule has 0 spiro atoms. The molecule has 2 saturated heterocycles. The quantitative estimate of drug-likeness (QED) is 0.319. The monoisotopic (exact) mass is 614 g/mol. The Hall–Kier alpha value is -3.99. The van der Waals surface area contributed by atoms with E-state index >= 15 is 0 Å².